The third kappa shape index (κ3) is 4.78. The largest absolute Gasteiger partial charge is 0.309 e. The van der Waals surface area contributed by atoms with Crippen LogP contribution in [0, 0.1) is 0 Å². The number of benzene rings is 8. The Hall–Kier alpha value is -5.49. The first-order valence-electron chi connectivity index (χ1n) is 15.6. The Bertz CT molecular complexity index is 2260. The number of hydrogen-bond donors (Lipinski definition) is 0. The van der Waals surface area contributed by atoms with Crippen LogP contribution in [0.1, 0.15) is 0 Å². The molecule has 0 unspecified atom stereocenters. The van der Waals surface area contributed by atoms with Crippen molar-refractivity contribution in [2.75, 3.05) is 0 Å². The summed E-state index contributed by atoms with van der Waals surface area (Å²) >= 11 is 0. The van der Waals surface area contributed by atoms with Gasteiger partial charge in [0, 0.05) is 15.9 Å². The third-order valence-electron chi connectivity index (χ3n) is 8.95. The summed E-state index contributed by atoms with van der Waals surface area (Å²) in [7, 11) is -3.06. The molecule has 0 saturated carbocycles. The molecule has 8 rings (SSSR count). The molecule has 8 aromatic carbocycles. The van der Waals surface area contributed by atoms with Gasteiger partial charge in [0.1, 0.15) is 0 Å². The molecule has 8 aromatic rings. The SMILES string of the molecule is O=P(c1ccccc1)(c1ccccc1)c1ccc(-c2c3ccccc3c(-c3cccc(-c4ccccc4)c3)c3ccccc23)cc1. The fourth-order valence-corrected chi connectivity index (χ4v) is 9.44. The van der Waals surface area contributed by atoms with Gasteiger partial charge in [0.25, 0.3) is 0 Å². The highest BCUT2D eigenvalue weighted by Gasteiger charge is 2.29. The highest BCUT2D eigenvalue weighted by atomic mass is 31.2. The van der Waals surface area contributed by atoms with E-state index in [2.05, 4.69) is 127 Å². The van der Waals surface area contributed by atoms with Crippen LogP contribution in [0.4, 0.5) is 0 Å². The summed E-state index contributed by atoms with van der Waals surface area (Å²) in [4.78, 5) is 0. The van der Waals surface area contributed by atoms with E-state index in [-0.39, 0.29) is 0 Å². The van der Waals surface area contributed by atoms with Gasteiger partial charge in [0.05, 0.1) is 0 Å². The molecule has 218 valence electrons. The second kappa shape index (κ2) is 11.8. The highest BCUT2D eigenvalue weighted by molar-refractivity contribution is 7.85. The summed E-state index contributed by atoms with van der Waals surface area (Å²) in [6.07, 6.45) is 0. The molecule has 0 saturated heterocycles. The molecular weight excluding hydrogens is 575 g/mol. The summed E-state index contributed by atoms with van der Waals surface area (Å²) in [6.45, 7) is 0. The molecule has 0 bridgehead atoms. The van der Waals surface area contributed by atoms with Crippen molar-refractivity contribution in [3.63, 3.8) is 0 Å². The van der Waals surface area contributed by atoms with Gasteiger partial charge in [0.15, 0.2) is 7.14 Å². The van der Waals surface area contributed by atoms with Crippen LogP contribution in [-0.4, -0.2) is 0 Å². The van der Waals surface area contributed by atoms with E-state index in [1.807, 2.05) is 60.7 Å². The van der Waals surface area contributed by atoms with E-state index in [0.717, 1.165) is 21.5 Å². The van der Waals surface area contributed by atoms with E-state index < -0.39 is 7.14 Å². The van der Waals surface area contributed by atoms with E-state index in [9.17, 15) is 0 Å². The Morgan fingerprint density at radius 3 is 1.15 bits per heavy atom. The fourth-order valence-electron chi connectivity index (χ4n) is 6.80. The molecule has 46 heavy (non-hydrogen) atoms. The van der Waals surface area contributed by atoms with Gasteiger partial charge in [-0.25, -0.2) is 0 Å². The normalized spacial score (nSPS) is 11.6. The van der Waals surface area contributed by atoms with Gasteiger partial charge in [-0.05, 0) is 61.0 Å². The molecule has 1 nitrogen and oxygen atoms in total. The van der Waals surface area contributed by atoms with Crippen LogP contribution >= 0.6 is 7.14 Å². The van der Waals surface area contributed by atoms with Gasteiger partial charge in [-0.15, -0.1) is 0 Å². The Kier molecular flexibility index (Phi) is 7.18. The minimum Gasteiger partial charge on any atom is -0.309 e. The molecule has 0 aliphatic heterocycles. The molecule has 0 aliphatic carbocycles. The van der Waals surface area contributed by atoms with Gasteiger partial charge in [-0.1, -0.05) is 182 Å². The number of rotatable bonds is 6. The first kappa shape index (κ1) is 28.0. The smallest absolute Gasteiger partial charge is 0.171 e. The average molecular weight is 607 g/mol. The van der Waals surface area contributed by atoms with Crippen molar-refractivity contribution in [2.24, 2.45) is 0 Å². The molecule has 0 fully saturated rings. The topological polar surface area (TPSA) is 17.1 Å². The lowest BCUT2D eigenvalue weighted by atomic mass is 9.85. The minimum absolute atomic E-state index is 0.830. The van der Waals surface area contributed by atoms with Crippen LogP contribution in [0.2, 0.25) is 0 Å². The molecular formula is C44H31OP. The lowest BCUT2D eigenvalue weighted by molar-refractivity contribution is 0.592. The maximum Gasteiger partial charge on any atom is 0.171 e. The molecule has 0 N–H and O–H groups in total. The summed E-state index contributed by atoms with van der Waals surface area (Å²) < 4.78 is 15.0. The van der Waals surface area contributed by atoms with Crippen LogP contribution in [0.25, 0.3) is 54.9 Å². The van der Waals surface area contributed by atoms with Crippen LogP contribution in [0.5, 0.6) is 0 Å². The van der Waals surface area contributed by atoms with Crippen molar-refractivity contribution in [2.45, 2.75) is 0 Å². The van der Waals surface area contributed by atoms with E-state index in [1.54, 1.807) is 0 Å². The Morgan fingerprint density at radius 2 is 0.652 bits per heavy atom. The standard InChI is InChI=1S/C44H31OP/c45-46(36-19-6-2-7-20-36,37-21-8-3-9-22-37)38-29-27-33(28-30-38)43-39-23-10-12-25-41(39)44(42-26-13-11-24-40(42)43)35-18-14-17-34(31-35)32-15-4-1-5-16-32/h1-31H. The van der Waals surface area contributed by atoms with Crippen molar-refractivity contribution in [3.8, 4) is 33.4 Å². The zero-order chi connectivity index (χ0) is 30.9. The summed E-state index contributed by atoms with van der Waals surface area (Å²) in [5, 5.41) is 7.33. The first-order valence-corrected chi connectivity index (χ1v) is 17.3. The Morgan fingerprint density at radius 1 is 0.283 bits per heavy atom. The van der Waals surface area contributed by atoms with Crippen LogP contribution < -0.4 is 15.9 Å². The number of hydrogen-bond acceptors (Lipinski definition) is 1. The quantitative estimate of drug-likeness (QED) is 0.136. The number of fused-ring (bicyclic) bond motifs is 2. The van der Waals surface area contributed by atoms with E-state index in [0.29, 0.717) is 0 Å². The lowest BCUT2D eigenvalue weighted by Gasteiger charge is -2.21. The maximum atomic E-state index is 15.0. The molecule has 0 aromatic heterocycles. The van der Waals surface area contributed by atoms with Gasteiger partial charge < -0.3 is 4.57 Å². The average Bonchev–Trinajstić information content (AvgIpc) is 3.14. The predicted molar refractivity (Wildman–Crippen MR) is 197 cm³/mol. The van der Waals surface area contributed by atoms with Crippen molar-refractivity contribution in [1.82, 2.24) is 0 Å². The van der Waals surface area contributed by atoms with Gasteiger partial charge in [0.2, 0.25) is 0 Å². The van der Waals surface area contributed by atoms with Crippen LogP contribution in [-0.2, 0) is 4.57 Å². The van der Waals surface area contributed by atoms with Gasteiger partial charge in [-0.3, -0.25) is 0 Å². The lowest BCUT2D eigenvalue weighted by Crippen LogP contribution is -2.24. The molecule has 0 heterocycles. The molecule has 0 amide bonds. The minimum atomic E-state index is -3.06. The summed E-state index contributed by atoms with van der Waals surface area (Å²) in [5.41, 5.74) is 7.14. The maximum absolute atomic E-state index is 15.0. The zero-order valence-electron chi connectivity index (χ0n) is 25.3. The van der Waals surface area contributed by atoms with Gasteiger partial charge >= 0.3 is 0 Å². The van der Waals surface area contributed by atoms with Crippen molar-refractivity contribution in [3.05, 3.63) is 188 Å². The second-order valence-electron chi connectivity index (χ2n) is 11.6. The fraction of sp³-hybridized carbons (Fsp3) is 0. The van der Waals surface area contributed by atoms with Crippen molar-refractivity contribution < 1.29 is 4.57 Å². The molecule has 0 aliphatic rings. The summed E-state index contributed by atoms with van der Waals surface area (Å²) in [5.74, 6) is 0. The van der Waals surface area contributed by atoms with Crippen molar-refractivity contribution in [1.29, 1.82) is 0 Å². The second-order valence-corrected chi connectivity index (χ2v) is 14.4. The summed E-state index contributed by atoms with van der Waals surface area (Å²) in [6, 6.07) is 65.0. The van der Waals surface area contributed by atoms with E-state index in [4.69, 9.17) is 0 Å². The third-order valence-corrected chi connectivity index (χ3v) is 12.0. The Labute approximate surface area is 269 Å². The predicted octanol–water partition coefficient (Wildman–Crippen LogP) is 10.6. The zero-order valence-corrected chi connectivity index (χ0v) is 26.1. The molecule has 2 heteroatoms. The van der Waals surface area contributed by atoms with Crippen molar-refractivity contribution >= 4 is 44.6 Å². The van der Waals surface area contributed by atoms with Crippen LogP contribution in [0.3, 0.4) is 0 Å². The molecule has 0 radical (unpaired) electrons. The first-order chi connectivity index (χ1) is 22.7. The van der Waals surface area contributed by atoms with Crippen LogP contribution in [0.15, 0.2) is 188 Å². The monoisotopic (exact) mass is 606 g/mol. The Balaban J connectivity index is 1.32. The molecule has 0 atom stereocenters. The highest BCUT2D eigenvalue weighted by Crippen LogP contribution is 2.46. The van der Waals surface area contributed by atoms with E-state index in [1.165, 1.54) is 49.4 Å². The van der Waals surface area contributed by atoms with Gasteiger partial charge in [-0.2, -0.15) is 0 Å². The molecule has 0 spiro atoms. The van der Waals surface area contributed by atoms with E-state index >= 15 is 4.57 Å².